The highest BCUT2D eigenvalue weighted by Gasteiger charge is 2.25. The van der Waals surface area contributed by atoms with Gasteiger partial charge in [-0.2, -0.15) is 0 Å². The van der Waals surface area contributed by atoms with Gasteiger partial charge in [0.2, 0.25) is 0 Å². The highest BCUT2D eigenvalue weighted by molar-refractivity contribution is 5.18. The Kier molecular flexibility index (Phi) is 5.52. The van der Waals surface area contributed by atoms with Crippen molar-refractivity contribution in [3.8, 4) is 0 Å². The van der Waals surface area contributed by atoms with Crippen molar-refractivity contribution in [2.75, 3.05) is 40.3 Å². The minimum absolute atomic E-state index is 0.323. The Labute approximate surface area is 123 Å². The van der Waals surface area contributed by atoms with Gasteiger partial charge in [0.05, 0.1) is 0 Å². The van der Waals surface area contributed by atoms with Gasteiger partial charge < -0.3 is 10.6 Å². The SMILES string of the molecule is Cc1ccc(C(CN)N2CCC(CN(C)C)CC2)cn1. The summed E-state index contributed by atoms with van der Waals surface area (Å²) in [4.78, 5) is 9.23. The summed E-state index contributed by atoms with van der Waals surface area (Å²) in [5, 5.41) is 0. The average Bonchev–Trinajstić information content (AvgIpc) is 2.43. The predicted octanol–water partition coefficient (Wildman–Crippen LogP) is 1.66. The molecule has 0 saturated carbocycles. The maximum atomic E-state index is 6.01. The fraction of sp³-hybridized carbons (Fsp3) is 0.688. The summed E-state index contributed by atoms with van der Waals surface area (Å²) in [5.41, 5.74) is 8.33. The predicted molar refractivity (Wildman–Crippen MR) is 83.6 cm³/mol. The molecule has 2 rings (SSSR count). The van der Waals surface area contributed by atoms with Gasteiger partial charge in [-0.15, -0.1) is 0 Å². The van der Waals surface area contributed by atoms with E-state index in [1.807, 2.05) is 13.1 Å². The molecule has 0 radical (unpaired) electrons. The van der Waals surface area contributed by atoms with E-state index in [4.69, 9.17) is 5.73 Å². The molecule has 1 fully saturated rings. The number of aryl methyl sites for hydroxylation is 1. The topological polar surface area (TPSA) is 45.4 Å². The monoisotopic (exact) mass is 276 g/mol. The summed E-state index contributed by atoms with van der Waals surface area (Å²) in [6.45, 7) is 6.19. The lowest BCUT2D eigenvalue weighted by atomic mass is 9.94. The van der Waals surface area contributed by atoms with E-state index in [1.54, 1.807) is 0 Å². The van der Waals surface area contributed by atoms with Crippen LogP contribution in [0.2, 0.25) is 0 Å². The van der Waals surface area contributed by atoms with Gasteiger partial charge in [0, 0.05) is 31.0 Å². The van der Waals surface area contributed by atoms with Gasteiger partial charge in [0.1, 0.15) is 0 Å². The lowest BCUT2D eigenvalue weighted by Gasteiger charge is -2.38. The number of rotatable bonds is 5. The van der Waals surface area contributed by atoms with Crippen LogP contribution in [0.5, 0.6) is 0 Å². The van der Waals surface area contributed by atoms with Crippen molar-refractivity contribution < 1.29 is 0 Å². The summed E-state index contributed by atoms with van der Waals surface area (Å²) >= 11 is 0. The fourth-order valence-electron chi connectivity index (χ4n) is 3.14. The first-order valence-electron chi connectivity index (χ1n) is 7.61. The van der Waals surface area contributed by atoms with E-state index >= 15 is 0 Å². The zero-order valence-corrected chi connectivity index (χ0v) is 13.0. The quantitative estimate of drug-likeness (QED) is 0.888. The van der Waals surface area contributed by atoms with Gasteiger partial charge in [0.25, 0.3) is 0 Å². The lowest BCUT2D eigenvalue weighted by Crippen LogP contribution is -2.41. The standard InChI is InChI=1S/C16H28N4/c1-13-4-5-15(11-18-13)16(10-17)20-8-6-14(7-9-20)12-19(2)3/h4-5,11,14,16H,6-10,12,17H2,1-3H3. The molecule has 1 aromatic rings. The zero-order chi connectivity index (χ0) is 14.5. The maximum Gasteiger partial charge on any atom is 0.0485 e. The molecule has 1 unspecified atom stereocenters. The second-order valence-corrected chi connectivity index (χ2v) is 6.23. The van der Waals surface area contributed by atoms with Crippen molar-refractivity contribution in [1.29, 1.82) is 0 Å². The van der Waals surface area contributed by atoms with Crippen LogP contribution in [0.1, 0.15) is 30.1 Å². The molecule has 4 heteroatoms. The third-order valence-electron chi connectivity index (χ3n) is 4.26. The van der Waals surface area contributed by atoms with Crippen LogP contribution in [-0.4, -0.2) is 55.1 Å². The Morgan fingerprint density at radius 3 is 2.55 bits per heavy atom. The van der Waals surface area contributed by atoms with Gasteiger partial charge in [-0.1, -0.05) is 6.07 Å². The van der Waals surface area contributed by atoms with Crippen molar-refractivity contribution in [2.24, 2.45) is 11.7 Å². The van der Waals surface area contributed by atoms with Crippen LogP contribution in [0.4, 0.5) is 0 Å². The van der Waals surface area contributed by atoms with Gasteiger partial charge >= 0.3 is 0 Å². The molecular formula is C16H28N4. The second kappa shape index (κ2) is 7.16. The van der Waals surface area contributed by atoms with Crippen LogP contribution in [0.3, 0.4) is 0 Å². The summed E-state index contributed by atoms with van der Waals surface area (Å²) < 4.78 is 0. The smallest absolute Gasteiger partial charge is 0.0485 e. The third kappa shape index (κ3) is 4.01. The van der Waals surface area contributed by atoms with E-state index in [0.717, 1.165) is 24.7 Å². The normalized spacial score (nSPS) is 19.4. The second-order valence-electron chi connectivity index (χ2n) is 6.23. The summed E-state index contributed by atoms with van der Waals surface area (Å²) in [5.74, 6) is 0.829. The van der Waals surface area contributed by atoms with Crippen molar-refractivity contribution >= 4 is 0 Å². The molecule has 0 spiro atoms. The largest absolute Gasteiger partial charge is 0.329 e. The number of aromatic nitrogens is 1. The Bertz CT molecular complexity index is 393. The van der Waals surface area contributed by atoms with Crippen LogP contribution in [0, 0.1) is 12.8 Å². The Morgan fingerprint density at radius 2 is 2.05 bits per heavy atom. The average molecular weight is 276 g/mol. The molecule has 0 aromatic carbocycles. The van der Waals surface area contributed by atoms with Gasteiger partial charge in [-0.25, -0.2) is 0 Å². The van der Waals surface area contributed by atoms with E-state index in [0.29, 0.717) is 12.6 Å². The lowest BCUT2D eigenvalue weighted by molar-refractivity contribution is 0.122. The van der Waals surface area contributed by atoms with E-state index in [1.165, 1.54) is 24.9 Å². The van der Waals surface area contributed by atoms with Crippen LogP contribution in [0.25, 0.3) is 0 Å². The van der Waals surface area contributed by atoms with Crippen molar-refractivity contribution in [2.45, 2.75) is 25.8 Å². The van der Waals surface area contributed by atoms with Gasteiger partial charge in [0.15, 0.2) is 0 Å². The molecule has 0 bridgehead atoms. The molecule has 2 heterocycles. The molecule has 1 saturated heterocycles. The summed E-state index contributed by atoms with van der Waals surface area (Å²) in [6, 6.07) is 4.58. The number of hydrogen-bond donors (Lipinski definition) is 1. The highest BCUT2D eigenvalue weighted by Crippen LogP contribution is 2.26. The van der Waals surface area contributed by atoms with E-state index in [9.17, 15) is 0 Å². The van der Waals surface area contributed by atoms with E-state index in [-0.39, 0.29) is 0 Å². The molecule has 2 N–H and O–H groups in total. The highest BCUT2D eigenvalue weighted by atomic mass is 15.2. The first-order valence-corrected chi connectivity index (χ1v) is 7.61. The first kappa shape index (κ1) is 15.4. The zero-order valence-electron chi connectivity index (χ0n) is 13.0. The fourth-order valence-corrected chi connectivity index (χ4v) is 3.14. The number of nitrogens with zero attached hydrogens (tertiary/aromatic N) is 3. The molecular weight excluding hydrogens is 248 g/mol. The van der Waals surface area contributed by atoms with E-state index in [2.05, 4.69) is 41.0 Å². The molecule has 1 aromatic heterocycles. The Balaban J connectivity index is 1.95. The van der Waals surface area contributed by atoms with Crippen molar-refractivity contribution in [3.05, 3.63) is 29.6 Å². The van der Waals surface area contributed by atoms with Crippen LogP contribution in [-0.2, 0) is 0 Å². The summed E-state index contributed by atoms with van der Waals surface area (Å²) in [7, 11) is 4.32. The van der Waals surface area contributed by atoms with E-state index < -0.39 is 0 Å². The molecule has 1 aliphatic rings. The third-order valence-corrected chi connectivity index (χ3v) is 4.26. The molecule has 4 nitrogen and oxygen atoms in total. The molecule has 0 aliphatic carbocycles. The maximum absolute atomic E-state index is 6.01. The molecule has 1 atom stereocenters. The number of pyridine rings is 1. The van der Waals surface area contributed by atoms with Crippen LogP contribution >= 0.6 is 0 Å². The Hall–Kier alpha value is -0.970. The van der Waals surface area contributed by atoms with Gasteiger partial charge in [-0.3, -0.25) is 9.88 Å². The van der Waals surface area contributed by atoms with Crippen LogP contribution in [0.15, 0.2) is 18.3 Å². The number of nitrogens with two attached hydrogens (primary N) is 1. The number of likely N-dealkylation sites (tertiary alicyclic amines) is 1. The van der Waals surface area contributed by atoms with Crippen molar-refractivity contribution in [3.63, 3.8) is 0 Å². The van der Waals surface area contributed by atoms with Crippen molar-refractivity contribution in [1.82, 2.24) is 14.8 Å². The molecule has 0 amide bonds. The summed E-state index contributed by atoms with van der Waals surface area (Å²) in [6.07, 6.45) is 4.53. The van der Waals surface area contributed by atoms with Crippen LogP contribution < -0.4 is 5.73 Å². The first-order chi connectivity index (χ1) is 9.60. The Morgan fingerprint density at radius 1 is 1.35 bits per heavy atom. The number of piperidine rings is 1. The minimum atomic E-state index is 0.323. The minimum Gasteiger partial charge on any atom is -0.329 e. The molecule has 112 valence electrons. The number of hydrogen-bond acceptors (Lipinski definition) is 4. The molecule has 20 heavy (non-hydrogen) atoms. The molecule has 1 aliphatic heterocycles. The van der Waals surface area contributed by atoms with Gasteiger partial charge in [-0.05, 0) is 64.5 Å².